The van der Waals surface area contributed by atoms with Crippen molar-refractivity contribution in [1.82, 2.24) is 0 Å². The Morgan fingerprint density at radius 3 is 2.47 bits per heavy atom. The average molecular weight is 316 g/mol. The van der Waals surface area contributed by atoms with Gasteiger partial charge in [-0.15, -0.1) is 22.9 Å². The number of aryl methyl sites for hydroxylation is 1. The van der Waals surface area contributed by atoms with Crippen LogP contribution in [0.3, 0.4) is 0 Å². The second-order valence-corrected chi connectivity index (χ2v) is 7.75. The first-order valence-corrected chi connectivity index (χ1v) is 8.45. The summed E-state index contributed by atoms with van der Waals surface area (Å²) in [6.45, 7) is 1.89. The van der Waals surface area contributed by atoms with Gasteiger partial charge in [-0.3, -0.25) is 4.31 Å². The van der Waals surface area contributed by atoms with E-state index in [1.165, 1.54) is 15.6 Å². The second-order valence-electron chi connectivity index (χ2n) is 4.11. The van der Waals surface area contributed by atoms with Gasteiger partial charge in [0.25, 0.3) is 10.0 Å². The molecule has 1 aromatic heterocycles. The largest absolute Gasteiger partial charge is 0.273 e. The van der Waals surface area contributed by atoms with Crippen LogP contribution in [0.2, 0.25) is 0 Å². The maximum absolute atomic E-state index is 12.5. The van der Waals surface area contributed by atoms with Crippen molar-refractivity contribution in [2.24, 2.45) is 0 Å². The van der Waals surface area contributed by atoms with Gasteiger partial charge in [0.2, 0.25) is 0 Å². The van der Waals surface area contributed by atoms with Gasteiger partial charge in [0.05, 0.1) is 11.6 Å². The van der Waals surface area contributed by atoms with Gasteiger partial charge in [0, 0.05) is 11.9 Å². The van der Waals surface area contributed by atoms with E-state index in [1.807, 2.05) is 25.1 Å². The summed E-state index contributed by atoms with van der Waals surface area (Å²) in [7, 11) is -1.94. The van der Waals surface area contributed by atoms with Crippen LogP contribution in [0.1, 0.15) is 10.4 Å². The smallest absolute Gasteiger partial charge is 0.268 e. The van der Waals surface area contributed by atoms with Crippen molar-refractivity contribution < 1.29 is 8.42 Å². The van der Waals surface area contributed by atoms with Gasteiger partial charge in [-0.05, 0) is 30.7 Å². The number of thiophene rings is 1. The summed E-state index contributed by atoms with van der Waals surface area (Å²) in [6.07, 6.45) is 0. The van der Waals surface area contributed by atoms with E-state index in [9.17, 15) is 8.42 Å². The zero-order valence-electron chi connectivity index (χ0n) is 10.6. The number of sulfonamides is 1. The molecule has 0 aliphatic heterocycles. The van der Waals surface area contributed by atoms with Crippen LogP contribution in [0.25, 0.3) is 0 Å². The minimum absolute atomic E-state index is 0.314. The first-order chi connectivity index (χ1) is 8.96. The molecule has 0 atom stereocenters. The number of rotatable bonds is 4. The van der Waals surface area contributed by atoms with Crippen LogP contribution in [-0.4, -0.2) is 15.5 Å². The molecule has 3 nitrogen and oxygen atoms in total. The quantitative estimate of drug-likeness (QED) is 0.808. The zero-order valence-corrected chi connectivity index (χ0v) is 13.0. The van der Waals surface area contributed by atoms with Gasteiger partial charge >= 0.3 is 0 Å². The topological polar surface area (TPSA) is 37.4 Å². The van der Waals surface area contributed by atoms with Gasteiger partial charge in [-0.25, -0.2) is 8.42 Å². The molecule has 0 aliphatic carbocycles. The maximum atomic E-state index is 12.5. The SMILES string of the molecule is Cc1ccccc1N(C)S(=O)(=O)c1ccc(CCl)s1. The number of benzene rings is 1. The van der Waals surface area contributed by atoms with Gasteiger partial charge in [-0.2, -0.15) is 0 Å². The number of anilines is 1. The molecule has 2 rings (SSSR count). The Kier molecular flexibility index (Phi) is 4.18. The molecule has 19 heavy (non-hydrogen) atoms. The number of para-hydroxylation sites is 1. The number of alkyl halides is 1. The molecule has 0 saturated heterocycles. The summed E-state index contributed by atoms with van der Waals surface area (Å²) in [5, 5.41) is 0. The van der Waals surface area contributed by atoms with E-state index in [1.54, 1.807) is 25.2 Å². The Hall–Kier alpha value is -1.04. The molecule has 0 fully saturated rings. The Balaban J connectivity index is 2.42. The van der Waals surface area contributed by atoms with Crippen molar-refractivity contribution in [3.05, 3.63) is 46.8 Å². The Morgan fingerprint density at radius 1 is 1.21 bits per heavy atom. The van der Waals surface area contributed by atoms with Gasteiger partial charge in [-0.1, -0.05) is 18.2 Å². The molecule has 0 amide bonds. The zero-order chi connectivity index (χ0) is 14.0. The predicted octanol–water partition coefficient (Wildman–Crippen LogP) is 3.62. The monoisotopic (exact) mass is 315 g/mol. The Labute approximate surface area is 122 Å². The van der Waals surface area contributed by atoms with E-state index in [2.05, 4.69) is 0 Å². The summed E-state index contributed by atoms with van der Waals surface area (Å²) < 4.78 is 26.6. The summed E-state index contributed by atoms with van der Waals surface area (Å²) in [6, 6.07) is 10.7. The van der Waals surface area contributed by atoms with Crippen molar-refractivity contribution in [2.45, 2.75) is 17.0 Å². The second kappa shape index (κ2) is 5.53. The average Bonchev–Trinajstić information content (AvgIpc) is 2.88. The maximum Gasteiger partial charge on any atom is 0.273 e. The number of halogens is 1. The van der Waals surface area contributed by atoms with Crippen molar-refractivity contribution >= 4 is 38.6 Å². The fraction of sp³-hybridized carbons (Fsp3) is 0.231. The minimum atomic E-state index is -3.51. The highest BCUT2D eigenvalue weighted by atomic mass is 35.5. The van der Waals surface area contributed by atoms with Crippen molar-refractivity contribution in [3.8, 4) is 0 Å². The molecule has 0 radical (unpaired) electrons. The summed E-state index contributed by atoms with van der Waals surface area (Å²) >= 11 is 6.92. The molecule has 0 unspecified atom stereocenters. The Bertz CT molecular complexity index is 679. The molecule has 0 aliphatic rings. The standard InChI is InChI=1S/C13H14ClNO2S2/c1-10-5-3-4-6-12(10)15(2)19(16,17)13-8-7-11(9-14)18-13/h3-8H,9H2,1-2H3. The van der Waals surface area contributed by atoms with Crippen molar-refractivity contribution in [1.29, 1.82) is 0 Å². The van der Waals surface area contributed by atoms with Gasteiger partial charge in [0.15, 0.2) is 0 Å². The molecule has 0 spiro atoms. The fourth-order valence-corrected chi connectivity index (χ4v) is 4.64. The lowest BCUT2D eigenvalue weighted by atomic mass is 10.2. The highest BCUT2D eigenvalue weighted by Gasteiger charge is 2.24. The van der Waals surface area contributed by atoms with Crippen molar-refractivity contribution in [2.75, 3.05) is 11.4 Å². The third kappa shape index (κ3) is 2.78. The van der Waals surface area contributed by atoms with Crippen LogP contribution in [0.15, 0.2) is 40.6 Å². The van der Waals surface area contributed by atoms with Crippen LogP contribution in [0.4, 0.5) is 5.69 Å². The molecule has 0 bridgehead atoms. The molecule has 102 valence electrons. The number of hydrogen-bond donors (Lipinski definition) is 0. The third-order valence-corrected chi connectivity index (χ3v) is 6.61. The van der Waals surface area contributed by atoms with E-state index in [0.717, 1.165) is 10.4 Å². The first-order valence-electron chi connectivity index (χ1n) is 5.66. The summed E-state index contributed by atoms with van der Waals surface area (Å²) in [5.41, 5.74) is 1.60. The van der Waals surface area contributed by atoms with E-state index in [-0.39, 0.29) is 0 Å². The van der Waals surface area contributed by atoms with Crippen LogP contribution in [0.5, 0.6) is 0 Å². The molecule has 0 N–H and O–H groups in total. The number of hydrogen-bond acceptors (Lipinski definition) is 3. The highest BCUT2D eigenvalue weighted by molar-refractivity contribution is 7.94. The van der Waals surface area contributed by atoms with Crippen LogP contribution >= 0.6 is 22.9 Å². The molecule has 0 saturated carbocycles. The van der Waals surface area contributed by atoms with Gasteiger partial charge < -0.3 is 0 Å². The first kappa shape index (κ1) is 14.4. The minimum Gasteiger partial charge on any atom is -0.268 e. The van der Waals surface area contributed by atoms with E-state index < -0.39 is 10.0 Å². The molecule has 1 aromatic carbocycles. The fourth-order valence-electron chi connectivity index (χ4n) is 1.75. The van der Waals surface area contributed by atoms with E-state index in [0.29, 0.717) is 15.8 Å². The number of nitrogens with zero attached hydrogens (tertiary/aromatic N) is 1. The highest BCUT2D eigenvalue weighted by Crippen LogP contribution is 2.29. The third-order valence-electron chi connectivity index (χ3n) is 2.84. The van der Waals surface area contributed by atoms with Crippen LogP contribution < -0.4 is 4.31 Å². The molecule has 2 aromatic rings. The van der Waals surface area contributed by atoms with Crippen LogP contribution in [-0.2, 0) is 15.9 Å². The molecule has 1 heterocycles. The normalized spacial score (nSPS) is 11.5. The lowest BCUT2D eigenvalue weighted by molar-refractivity contribution is 0.596. The summed E-state index contributed by atoms with van der Waals surface area (Å²) in [4.78, 5) is 0.846. The van der Waals surface area contributed by atoms with E-state index in [4.69, 9.17) is 11.6 Å². The lowest BCUT2D eigenvalue weighted by Crippen LogP contribution is -2.26. The predicted molar refractivity (Wildman–Crippen MR) is 80.6 cm³/mol. The molecule has 6 heteroatoms. The van der Waals surface area contributed by atoms with Crippen LogP contribution in [0, 0.1) is 6.92 Å². The molecular weight excluding hydrogens is 302 g/mol. The van der Waals surface area contributed by atoms with Gasteiger partial charge in [0.1, 0.15) is 4.21 Å². The lowest BCUT2D eigenvalue weighted by Gasteiger charge is -2.20. The Morgan fingerprint density at radius 2 is 1.89 bits per heavy atom. The molecular formula is C13H14ClNO2S2. The van der Waals surface area contributed by atoms with E-state index >= 15 is 0 Å². The summed E-state index contributed by atoms with van der Waals surface area (Å²) in [5.74, 6) is 0.328. The van der Waals surface area contributed by atoms with Crippen molar-refractivity contribution in [3.63, 3.8) is 0 Å².